The van der Waals surface area contributed by atoms with Gasteiger partial charge in [-0.2, -0.15) is 0 Å². The van der Waals surface area contributed by atoms with Crippen molar-refractivity contribution >= 4 is 27.8 Å². The first-order valence-electron chi connectivity index (χ1n) is 24.3. The minimum atomic E-state index is -0.452. The Labute approximate surface area is 404 Å². The molecule has 0 bridgehead atoms. The van der Waals surface area contributed by atoms with Gasteiger partial charge in [-0.15, -0.1) is 0 Å². The molecule has 0 unspecified atom stereocenters. The van der Waals surface area contributed by atoms with Gasteiger partial charge >= 0.3 is 0 Å². The van der Waals surface area contributed by atoms with E-state index in [2.05, 4.69) is 267 Å². The van der Waals surface area contributed by atoms with Crippen molar-refractivity contribution < 1.29 is 0 Å². The van der Waals surface area contributed by atoms with Crippen molar-refractivity contribution in [3.05, 3.63) is 282 Å². The Kier molecular flexibility index (Phi) is 8.61. The van der Waals surface area contributed by atoms with E-state index in [1.54, 1.807) is 0 Å². The summed E-state index contributed by atoms with van der Waals surface area (Å²) in [5.41, 5.74) is 26.1. The molecule has 11 aromatic carbocycles. The first kappa shape index (κ1) is 39.6. The van der Waals surface area contributed by atoms with E-state index in [0.29, 0.717) is 0 Å². The summed E-state index contributed by atoms with van der Waals surface area (Å²) in [6.07, 6.45) is 0. The van der Waals surface area contributed by atoms with Crippen LogP contribution in [0.4, 0.5) is 17.1 Å². The lowest BCUT2D eigenvalue weighted by molar-refractivity contribution is 0.660. The first-order chi connectivity index (χ1) is 34.0. The highest BCUT2D eigenvalue weighted by Crippen LogP contribution is 2.59. The largest absolute Gasteiger partial charge is 0.310 e. The Bertz CT molecular complexity index is 3770. The second-order valence-electron chi connectivity index (χ2n) is 19.5. The van der Waals surface area contributed by atoms with Crippen molar-refractivity contribution in [2.75, 3.05) is 4.90 Å². The number of fused-ring (bicyclic) bond motifs is 9. The number of rotatable bonds is 7. The Hall–Kier alpha value is -8.52. The van der Waals surface area contributed by atoms with Gasteiger partial charge in [0.15, 0.2) is 0 Å². The lowest BCUT2D eigenvalue weighted by Gasteiger charge is -2.34. The van der Waals surface area contributed by atoms with Gasteiger partial charge in [0.05, 0.1) is 5.41 Å². The molecule has 0 heterocycles. The molecule has 0 N–H and O–H groups in total. The van der Waals surface area contributed by atoms with Gasteiger partial charge in [-0.1, -0.05) is 226 Å². The molecule has 324 valence electrons. The van der Waals surface area contributed by atoms with E-state index in [0.717, 1.165) is 17.1 Å². The summed E-state index contributed by atoms with van der Waals surface area (Å²) in [5.74, 6) is 0. The van der Waals surface area contributed by atoms with Crippen LogP contribution >= 0.6 is 0 Å². The first-order valence-corrected chi connectivity index (χ1v) is 24.3. The molecule has 14 rings (SSSR count). The van der Waals surface area contributed by atoms with Gasteiger partial charge in [0.25, 0.3) is 0 Å². The summed E-state index contributed by atoms with van der Waals surface area (Å²) in [6, 6.07) is 92.9. The fourth-order valence-electron chi connectivity index (χ4n) is 12.7. The number of hydrogen-bond donors (Lipinski definition) is 0. The third kappa shape index (κ3) is 5.65. The number of nitrogens with zero attached hydrogens (tertiary/aromatic N) is 1. The van der Waals surface area contributed by atoms with Crippen molar-refractivity contribution in [3.8, 4) is 66.8 Å². The molecule has 1 heteroatoms. The molecule has 0 atom stereocenters. The van der Waals surface area contributed by atoms with Crippen LogP contribution in [-0.4, -0.2) is 0 Å². The molecule has 0 aliphatic heterocycles. The van der Waals surface area contributed by atoms with Crippen molar-refractivity contribution in [2.24, 2.45) is 0 Å². The molecule has 1 nitrogen and oxygen atoms in total. The second kappa shape index (κ2) is 15.0. The number of anilines is 3. The Balaban J connectivity index is 0.904. The second-order valence-corrected chi connectivity index (χ2v) is 19.5. The molecule has 0 fully saturated rings. The SMILES string of the molecule is CC1(C)c2ccccc2-c2ccc(N(c3ccc(-c4cccc5c4-c4ccccc4C5(c4ccccc4)c4ccccc4)cc3)c3ccc(-c4ccc5c6c(cccc46)-c4ccccc4-5)cc3)cc21. The van der Waals surface area contributed by atoms with E-state index in [9.17, 15) is 0 Å². The molecule has 69 heavy (non-hydrogen) atoms. The number of hydrogen-bond acceptors (Lipinski definition) is 1. The number of benzene rings is 11. The van der Waals surface area contributed by atoms with Gasteiger partial charge in [-0.25, -0.2) is 0 Å². The lowest BCUT2D eigenvalue weighted by Crippen LogP contribution is -2.28. The van der Waals surface area contributed by atoms with Crippen LogP contribution in [0.25, 0.3) is 77.5 Å². The smallest absolute Gasteiger partial charge is 0.0713 e. The minimum Gasteiger partial charge on any atom is -0.310 e. The summed E-state index contributed by atoms with van der Waals surface area (Å²) in [6.45, 7) is 4.74. The maximum atomic E-state index is 2.44. The third-order valence-electron chi connectivity index (χ3n) is 15.7. The highest BCUT2D eigenvalue weighted by molar-refractivity contribution is 6.18. The van der Waals surface area contributed by atoms with E-state index < -0.39 is 5.41 Å². The van der Waals surface area contributed by atoms with E-state index in [-0.39, 0.29) is 5.41 Å². The summed E-state index contributed by atoms with van der Waals surface area (Å²) >= 11 is 0. The monoisotopic (exact) mass is 877 g/mol. The van der Waals surface area contributed by atoms with Crippen LogP contribution in [0, 0.1) is 0 Å². The van der Waals surface area contributed by atoms with Gasteiger partial charge in [0, 0.05) is 22.5 Å². The van der Waals surface area contributed by atoms with E-state index in [1.165, 1.54) is 111 Å². The average molecular weight is 878 g/mol. The summed E-state index contributed by atoms with van der Waals surface area (Å²) in [4.78, 5) is 2.44. The van der Waals surface area contributed by atoms with Crippen LogP contribution < -0.4 is 4.90 Å². The summed E-state index contributed by atoms with van der Waals surface area (Å²) in [7, 11) is 0. The lowest BCUT2D eigenvalue weighted by atomic mass is 9.67. The fraction of sp³-hybridized carbons (Fsp3) is 0.0588. The topological polar surface area (TPSA) is 3.24 Å². The summed E-state index contributed by atoms with van der Waals surface area (Å²) < 4.78 is 0. The highest BCUT2D eigenvalue weighted by atomic mass is 15.1. The van der Waals surface area contributed by atoms with Crippen molar-refractivity contribution in [2.45, 2.75) is 24.7 Å². The van der Waals surface area contributed by atoms with E-state index >= 15 is 0 Å². The van der Waals surface area contributed by atoms with Gasteiger partial charge in [0.2, 0.25) is 0 Å². The van der Waals surface area contributed by atoms with Gasteiger partial charge in [-0.05, 0) is 147 Å². The molecule has 0 radical (unpaired) electrons. The standard InChI is InChI=1S/C68H47N/c1-67(2)61-28-13-11-23-55(61)56-40-39-50(43-64(56)67)69(48-35-31-44(32-36-48)51-41-42-59-54-22-10-9-21-53(54)58-27-15-26-57(51)65(58)59)49-37-33-45(34-38-49)52-25-16-30-63-66(52)60-24-12-14-29-62(60)68(63,46-17-5-3-6-18-46)47-19-7-4-8-20-47/h3-43H,1-2H3. The Morgan fingerprint density at radius 3 is 1.41 bits per heavy atom. The molecule has 3 aliphatic rings. The molecule has 0 saturated carbocycles. The maximum Gasteiger partial charge on any atom is 0.0713 e. The van der Waals surface area contributed by atoms with E-state index in [1.807, 2.05) is 0 Å². The third-order valence-corrected chi connectivity index (χ3v) is 15.7. The molecule has 0 amide bonds. The molecular weight excluding hydrogens is 831 g/mol. The molecule has 11 aromatic rings. The van der Waals surface area contributed by atoms with Crippen LogP contribution in [0.3, 0.4) is 0 Å². The van der Waals surface area contributed by atoms with Gasteiger partial charge in [0.1, 0.15) is 0 Å². The predicted molar refractivity (Wildman–Crippen MR) is 289 cm³/mol. The van der Waals surface area contributed by atoms with Crippen molar-refractivity contribution in [1.29, 1.82) is 0 Å². The van der Waals surface area contributed by atoms with Crippen LogP contribution in [0.5, 0.6) is 0 Å². The van der Waals surface area contributed by atoms with E-state index in [4.69, 9.17) is 0 Å². The minimum absolute atomic E-state index is 0.130. The molecule has 0 spiro atoms. The van der Waals surface area contributed by atoms with Gasteiger partial charge < -0.3 is 4.90 Å². The molecule has 0 aromatic heterocycles. The van der Waals surface area contributed by atoms with Crippen molar-refractivity contribution in [3.63, 3.8) is 0 Å². The Morgan fingerprint density at radius 1 is 0.290 bits per heavy atom. The quantitative estimate of drug-likeness (QED) is 0.154. The Morgan fingerprint density at radius 2 is 0.739 bits per heavy atom. The summed E-state index contributed by atoms with van der Waals surface area (Å²) in [5, 5.41) is 2.64. The van der Waals surface area contributed by atoms with Crippen LogP contribution in [0.15, 0.2) is 249 Å². The molecular formula is C68H47N. The van der Waals surface area contributed by atoms with Crippen LogP contribution in [-0.2, 0) is 10.8 Å². The predicted octanol–water partition coefficient (Wildman–Crippen LogP) is 18.0. The zero-order chi connectivity index (χ0) is 45.8. The van der Waals surface area contributed by atoms with Crippen molar-refractivity contribution in [1.82, 2.24) is 0 Å². The average Bonchev–Trinajstić information content (AvgIpc) is 3.99. The molecule has 0 saturated heterocycles. The van der Waals surface area contributed by atoms with Crippen LogP contribution in [0.2, 0.25) is 0 Å². The highest BCUT2D eigenvalue weighted by Gasteiger charge is 2.46. The zero-order valence-corrected chi connectivity index (χ0v) is 38.6. The zero-order valence-electron chi connectivity index (χ0n) is 38.6. The molecule has 3 aliphatic carbocycles. The van der Waals surface area contributed by atoms with Gasteiger partial charge in [-0.3, -0.25) is 0 Å². The van der Waals surface area contributed by atoms with Crippen LogP contribution in [0.1, 0.15) is 47.2 Å². The normalized spacial score (nSPS) is 13.9. The fourth-order valence-corrected chi connectivity index (χ4v) is 12.7. The maximum absolute atomic E-state index is 2.44.